The van der Waals surface area contributed by atoms with Gasteiger partial charge in [0.2, 0.25) is 5.91 Å². The number of benzene rings is 4. The molecule has 0 bridgehead atoms. The molecule has 4 aromatic carbocycles. The van der Waals surface area contributed by atoms with Gasteiger partial charge in [0.05, 0.1) is 4.47 Å². The highest BCUT2D eigenvalue weighted by Crippen LogP contribution is 2.33. The lowest BCUT2D eigenvalue weighted by atomic mass is 10.0. The van der Waals surface area contributed by atoms with Gasteiger partial charge in [0, 0.05) is 24.5 Å². The Kier molecular flexibility index (Phi) is 9.79. The second-order valence-corrected chi connectivity index (χ2v) is 10.3. The first-order chi connectivity index (χ1) is 18.5. The summed E-state index contributed by atoms with van der Waals surface area (Å²) < 4.78 is 6.80. The number of hydrogen-bond acceptors (Lipinski definition) is 3. The summed E-state index contributed by atoms with van der Waals surface area (Å²) in [6, 6.07) is 28.1. The fourth-order valence-electron chi connectivity index (χ4n) is 4.30. The zero-order chi connectivity index (χ0) is 26.9. The molecule has 1 N–H and O–H groups in total. The molecule has 0 saturated heterocycles. The lowest BCUT2D eigenvalue weighted by Crippen LogP contribution is -2.51. The van der Waals surface area contributed by atoms with Crippen molar-refractivity contribution < 1.29 is 14.3 Å². The minimum Gasteiger partial charge on any atom is -0.483 e. The molecule has 1 atom stereocenters. The van der Waals surface area contributed by atoms with Gasteiger partial charge in [-0.05, 0) is 62.4 Å². The third-order valence-electron chi connectivity index (χ3n) is 6.24. The molecule has 2 amide bonds. The molecular weight excluding hydrogens is 564 g/mol. The first kappa shape index (κ1) is 27.7. The SMILES string of the molecule is CCCNC(=O)C(Cc1ccccc1)N(Cc1cccc(Cl)c1)C(=O)COc1ccc2ccccc2c1Br. The maximum atomic E-state index is 13.8. The zero-order valence-electron chi connectivity index (χ0n) is 21.2. The summed E-state index contributed by atoms with van der Waals surface area (Å²) in [6.45, 7) is 2.53. The predicted molar refractivity (Wildman–Crippen MR) is 156 cm³/mol. The third-order valence-corrected chi connectivity index (χ3v) is 7.29. The van der Waals surface area contributed by atoms with Crippen LogP contribution in [0.15, 0.2) is 95.5 Å². The van der Waals surface area contributed by atoms with Crippen LogP contribution in [-0.2, 0) is 22.6 Å². The summed E-state index contributed by atoms with van der Waals surface area (Å²) in [5.74, 6) is 0.0744. The molecule has 4 rings (SSSR count). The molecule has 0 spiro atoms. The molecule has 4 aromatic rings. The van der Waals surface area contributed by atoms with E-state index in [0.717, 1.165) is 32.8 Å². The van der Waals surface area contributed by atoms with E-state index < -0.39 is 6.04 Å². The van der Waals surface area contributed by atoms with Crippen LogP contribution in [0.2, 0.25) is 5.02 Å². The van der Waals surface area contributed by atoms with Crippen molar-refractivity contribution in [3.8, 4) is 5.75 Å². The van der Waals surface area contributed by atoms with Gasteiger partial charge in [-0.1, -0.05) is 91.3 Å². The van der Waals surface area contributed by atoms with Gasteiger partial charge >= 0.3 is 0 Å². The molecule has 0 aromatic heterocycles. The summed E-state index contributed by atoms with van der Waals surface area (Å²) in [5.41, 5.74) is 1.80. The zero-order valence-corrected chi connectivity index (χ0v) is 23.5. The highest BCUT2D eigenvalue weighted by molar-refractivity contribution is 9.10. The van der Waals surface area contributed by atoms with Crippen molar-refractivity contribution in [1.82, 2.24) is 10.2 Å². The van der Waals surface area contributed by atoms with Crippen molar-refractivity contribution >= 4 is 50.1 Å². The number of rotatable bonds is 11. The molecule has 0 saturated carbocycles. The number of halogens is 2. The predicted octanol–water partition coefficient (Wildman–Crippen LogP) is 6.80. The Morgan fingerprint density at radius 1 is 0.947 bits per heavy atom. The van der Waals surface area contributed by atoms with E-state index in [4.69, 9.17) is 16.3 Å². The van der Waals surface area contributed by atoms with Gasteiger partial charge in [0.1, 0.15) is 11.8 Å². The molecule has 1 unspecified atom stereocenters. The minimum atomic E-state index is -0.723. The minimum absolute atomic E-state index is 0.196. The summed E-state index contributed by atoms with van der Waals surface area (Å²) in [7, 11) is 0. The Balaban J connectivity index is 1.63. The second-order valence-electron chi connectivity index (χ2n) is 9.04. The average molecular weight is 594 g/mol. The van der Waals surface area contributed by atoms with Crippen LogP contribution in [0.5, 0.6) is 5.75 Å². The van der Waals surface area contributed by atoms with Gasteiger partial charge < -0.3 is 15.0 Å². The largest absolute Gasteiger partial charge is 0.483 e. The van der Waals surface area contributed by atoms with E-state index in [2.05, 4.69) is 21.2 Å². The van der Waals surface area contributed by atoms with Gasteiger partial charge in [-0.15, -0.1) is 0 Å². The fraction of sp³-hybridized carbons (Fsp3) is 0.226. The van der Waals surface area contributed by atoms with Crippen LogP contribution in [0.4, 0.5) is 0 Å². The van der Waals surface area contributed by atoms with Crippen LogP contribution < -0.4 is 10.1 Å². The van der Waals surface area contributed by atoms with Gasteiger partial charge in [0.25, 0.3) is 5.91 Å². The van der Waals surface area contributed by atoms with E-state index in [1.54, 1.807) is 11.0 Å². The van der Waals surface area contributed by atoms with Crippen LogP contribution >= 0.6 is 27.5 Å². The Labute approximate surface area is 236 Å². The van der Waals surface area contributed by atoms with Crippen LogP contribution in [0.3, 0.4) is 0 Å². The van der Waals surface area contributed by atoms with Gasteiger partial charge in [-0.3, -0.25) is 9.59 Å². The molecule has 38 heavy (non-hydrogen) atoms. The number of carbonyl (C=O) groups excluding carboxylic acids is 2. The summed E-state index contributed by atoms with van der Waals surface area (Å²) in [6.07, 6.45) is 1.17. The van der Waals surface area contributed by atoms with Crippen LogP contribution in [0, 0.1) is 0 Å². The lowest BCUT2D eigenvalue weighted by Gasteiger charge is -2.31. The van der Waals surface area contributed by atoms with Gasteiger partial charge in [0.15, 0.2) is 6.61 Å². The van der Waals surface area contributed by atoms with Crippen molar-refractivity contribution in [2.24, 2.45) is 0 Å². The molecule has 0 radical (unpaired) electrons. The quantitative estimate of drug-likeness (QED) is 0.208. The van der Waals surface area contributed by atoms with E-state index in [1.165, 1.54) is 0 Å². The summed E-state index contributed by atoms with van der Waals surface area (Å²) in [4.78, 5) is 28.8. The molecule has 7 heteroatoms. The van der Waals surface area contributed by atoms with Crippen LogP contribution in [0.25, 0.3) is 10.8 Å². The van der Waals surface area contributed by atoms with Gasteiger partial charge in [-0.2, -0.15) is 0 Å². The normalized spacial score (nSPS) is 11.7. The van der Waals surface area contributed by atoms with Crippen molar-refractivity contribution in [2.75, 3.05) is 13.2 Å². The number of nitrogens with one attached hydrogen (secondary N) is 1. The Bertz CT molecular complexity index is 1400. The molecule has 0 aliphatic carbocycles. The number of hydrogen-bond donors (Lipinski definition) is 1. The highest BCUT2D eigenvalue weighted by atomic mass is 79.9. The standard InChI is InChI=1S/C31H30BrClN2O3/c1-2-17-34-31(37)27(19-22-9-4-3-5-10-22)35(20-23-11-8-13-25(33)18-23)29(36)21-38-28-16-15-24-12-6-7-14-26(24)30(28)32/h3-16,18,27H,2,17,19-21H2,1H3,(H,34,37). The molecule has 5 nitrogen and oxygen atoms in total. The number of fused-ring (bicyclic) bond motifs is 1. The van der Waals surface area contributed by atoms with Gasteiger partial charge in [-0.25, -0.2) is 0 Å². The summed E-state index contributed by atoms with van der Waals surface area (Å²) >= 11 is 9.87. The van der Waals surface area contributed by atoms with E-state index >= 15 is 0 Å². The van der Waals surface area contributed by atoms with Crippen molar-refractivity contribution in [3.05, 3.63) is 112 Å². The Hall–Kier alpha value is -3.35. The molecule has 0 fully saturated rings. The number of nitrogens with zero attached hydrogens (tertiary/aromatic N) is 1. The van der Waals surface area contributed by atoms with Crippen molar-refractivity contribution in [2.45, 2.75) is 32.4 Å². The number of ether oxygens (including phenoxy) is 1. The third kappa shape index (κ3) is 7.15. The molecule has 0 heterocycles. The van der Waals surface area contributed by atoms with Crippen LogP contribution in [-0.4, -0.2) is 35.9 Å². The average Bonchev–Trinajstić information content (AvgIpc) is 2.94. The lowest BCUT2D eigenvalue weighted by molar-refractivity contribution is -0.142. The first-order valence-electron chi connectivity index (χ1n) is 12.6. The second kappa shape index (κ2) is 13.4. The number of amides is 2. The smallest absolute Gasteiger partial charge is 0.261 e. The van der Waals surface area contributed by atoms with Crippen LogP contribution in [0.1, 0.15) is 24.5 Å². The Morgan fingerprint density at radius 3 is 2.45 bits per heavy atom. The first-order valence-corrected chi connectivity index (χ1v) is 13.8. The topological polar surface area (TPSA) is 58.6 Å². The van der Waals surface area contributed by atoms with Crippen molar-refractivity contribution in [3.63, 3.8) is 0 Å². The van der Waals surface area contributed by atoms with E-state index in [1.807, 2.05) is 91.9 Å². The molecular formula is C31H30BrClN2O3. The molecule has 0 aliphatic rings. The summed E-state index contributed by atoms with van der Waals surface area (Å²) in [5, 5.41) is 5.61. The number of carbonyl (C=O) groups is 2. The fourth-order valence-corrected chi connectivity index (χ4v) is 5.12. The monoisotopic (exact) mass is 592 g/mol. The van der Waals surface area contributed by atoms with E-state index in [-0.39, 0.29) is 25.0 Å². The van der Waals surface area contributed by atoms with E-state index in [9.17, 15) is 9.59 Å². The maximum Gasteiger partial charge on any atom is 0.261 e. The highest BCUT2D eigenvalue weighted by Gasteiger charge is 2.30. The Morgan fingerprint density at radius 2 is 1.68 bits per heavy atom. The molecule has 196 valence electrons. The van der Waals surface area contributed by atoms with E-state index in [0.29, 0.717) is 23.7 Å². The van der Waals surface area contributed by atoms with Crippen molar-refractivity contribution in [1.29, 1.82) is 0 Å². The maximum absolute atomic E-state index is 13.8. The molecule has 0 aliphatic heterocycles.